The zero-order valence-electron chi connectivity index (χ0n) is 13.4. The molecule has 23 heavy (non-hydrogen) atoms. The van der Waals surface area contributed by atoms with Crippen LogP contribution in [0.15, 0.2) is 28.7 Å². The van der Waals surface area contributed by atoms with Crippen molar-refractivity contribution in [3.63, 3.8) is 0 Å². The number of anilines is 1. The first kappa shape index (κ1) is 17.0. The number of benzene rings is 1. The zero-order chi connectivity index (χ0) is 16.6. The van der Waals surface area contributed by atoms with E-state index in [1.807, 2.05) is 26.0 Å². The van der Waals surface area contributed by atoms with E-state index in [0.717, 1.165) is 47.4 Å². The van der Waals surface area contributed by atoms with Crippen LogP contribution >= 0.6 is 27.5 Å². The van der Waals surface area contributed by atoms with Crippen LogP contribution in [0.4, 0.5) is 5.82 Å². The number of halogens is 2. The van der Waals surface area contributed by atoms with E-state index in [1.54, 1.807) is 0 Å². The Balaban J connectivity index is 1.75. The molecule has 0 aliphatic carbocycles. The van der Waals surface area contributed by atoms with E-state index >= 15 is 0 Å². The molecule has 2 heterocycles. The van der Waals surface area contributed by atoms with Gasteiger partial charge in [-0.15, -0.1) is 0 Å². The van der Waals surface area contributed by atoms with Crippen LogP contribution in [0.3, 0.4) is 0 Å². The Morgan fingerprint density at radius 3 is 2.57 bits per heavy atom. The molecule has 0 bridgehead atoms. The maximum absolute atomic E-state index is 9.94. The summed E-state index contributed by atoms with van der Waals surface area (Å²) in [6, 6.07) is 8.02. The molecule has 2 aromatic rings. The molecule has 1 N–H and O–H groups in total. The molecule has 1 aromatic carbocycles. The van der Waals surface area contributed by atoms with Gasteiger partial charge >= 0.3 is 0 Å². The zero-order valence-corrected chi connectivity index (χ0v) is 15.7. The minimum absolute atomic E-state index is 0.649. The highest BCUT2D eigenvalue weighted by atomic mass is 79.9. The summed E-state index contributed by atoms with van der Waals surface area (Å²) in [6.07, 6.45) is 0. The maximum atomic E-state index is 9.94. The van der Waals surface area contributed by atoms with Crippen molar-refractivity contribution in [1.82, 2.24) is 9.88 Å². The van der Waals surface area contributed by atoms with Crippen LogP contribution in [0, 0.1) is 0 Å². The standard InChI is InChI=1S/C17H21BrClN3O/c1-17(2,23)11-21-5-7-22(8-6-21)15-4-3-12-9-13(18)10-14(19)16(12)20-15/h3-4,9-10,23H,5-8,11H2,1-2H3. The number of aliphatic hydroxyl groups is 1. The van der Waals surface area contributed by atoms with Gasteiger partial charge in [0.05, 0.1) is 16.1 Å². The van der Waals surface area contributed by atoms with Crippen LogP contribution in [0.2, 0.25) is 5.02 Å². The number of piperazine rings is 1. The second-order valence-corrected chi connectivity index (χ2v) is 8.03. The quantitative estimate of drug-likeness (QED) is 0.858. The summed E-state index contributed by atoms with van der Waals surface area (Å²) in [4.78, 5) is 9.31. The van der Waals surface area contributed by atoms with E-state index in [-0.39, 0.29) is 0 Å². The molecule has 1 fully saturated rings. The van der Waals surface area contributed by atoms with Crippen LogP contribution in [-0.2, 0) is 0 Å². The maximum Gasteiger partial charge on any atom is 0.129 e. The lowest BCUT2D eigenvalue weighted by Gasteiger charge is -2.37. The predicted octanol–water partition coefficient (Wildman–Crippen LogP) is 3.54. The van der Waals surface area contributed by atoms with Gasteiger partial charge in [0.2, 0.25) is 0 Å². The van der Waals surface area contributed by atoms with E-state index in [9.17, 15) is 5.11 Å². The number of aromatic nitrogens is 1. The third-order valence-electron chi connectivity index (χ3n) is 4.00. The SMILES string of the molecule is CC(C)(O)CN1CCN(c2ccc3cc(Br)cc(Cl)c3n2)CC1. The Morgan fingerprint density at radius 1 is 1.22 bits per heavy atom. The summed E-state index contributed by atoms with van der Waals surface area (Å²) >= 11 is 9.78. The lowest BCUT2D eigenvalue weighted by molar-refractivity contribution is 0.0345. The largest absolute Gasteiger partial charge is 0.389 e. The molecule has 6 heteroatoms. The third-order valence-corrected chi connectivity index (χ3v) is 4.75. The van der Waals surface area contributed by atoms with Crippen molar-refractivity contribution in [2.75, 3.05) is 37.6 Å². The van der Waals surface area contributed by atoms with E-state index in [4.69, 9.17) is 16.6 Å². The molecule has 4 nitrogen and oxygen atoms in total. The molecular weight excluding hydrogens is 378 g/mol. The average Bonchev–Trinajstić information content (AvgIpc) is 2.46. The Morgan fingerprint density at radius 2 is 1.91 bits per heavy atom. The van der Waals surface area contributed by atoms with Gasteiger partial charge in [-0.2, -0.15) is 0 Å². The summed E-state index contributed by atoms with van der Waals surface area (Å²) in [6.45, 7) is 8.07. The minimum Gasteiger partial charge on any atom is -0.389 e. The van der Waals surface area contributed by atoms with Crippen molar-refractivity contribution in [1.29, 1.82) is 0 Å². The van der Waals surface area contributed by atoms with Crippen molar-refractivity contribution in [2.45, 2.75) is 19.4 Å². The first-order valence-electron chi connectivity index (χ1n) is 7.77. The molecule has 0 saturated carbocycles. The molecule has 3 rings (SSSR count). The van der Waals surface area contributed by atoms with Crippen molar-refractivity contribution < 1.29 is 5.11 Å². The highest BCUT2D eigenvalue weighted by molar-refractivity contribution is 9.10. The van der Waals surface area contributed by atoms with Gasteiger partial charge in [0.1, 0.15) is 5.82 Å². The van der Waals surface area contributed by atoms with Crippen LogP contribution in [0.25, 0.3) is 10.9 Å². The van der Waals surface area contributed by atoms with Gasteiger partial charge in [0.15, 0.2) is 0 Å². The Hall–Kier alpha value is -0.880. The monoisotopic (exact) mass is 397 g/mol. The summed E-state index contributed by atoms with van der Waals surface area (Å²) in [5.41, 5.74) is 0.191. The fourth-order valence-electron chi connectivity index (χ4n) is 3.01. The number of hydrogen-bond acceptors (Lipinski definition) is 4. The van der Waals surface area contributed by atoms with Crippen molar-refractivity contribution in [3.05, 3.63) is 33.8 Å². The number of rotatable bonds is 3. The predicted molar refractivity (Wildman–Crippen MR) is 99.4 cm³/mol. The van der Waals surface area contributed by atoms with E-state index in [0.29, 0.717) is 11.6 Å². The highest BCUT2D eigenvalue weighted by Crippen LogP contribution is 2.29. The van der Waals surface area contributed by atoms with Crippen LogP contribution < -0.4 is 4.90 Å². The molecule has 0 amide bonds. The number of nitrogens with zero attached hydrogens (tertiary/aromatic N) is 3. The Labute approximate surface area is 150 Å². The topological polar surface area (TPSA) is 39.6 Å². The minimum atomic E-state index is -0.649. The third kappa shape index (κ3) is 4.15. The molecular formula is C17H21BrClN3O. The summed E-state index contributed by atoms with van der Waals surface area (Å²) in [7, 11) is 0. The first-order chi connectivity index (χ1) is 10.8. The van der Waals surface area contributed by atoms with Gasteiger partial charge in [-0.25, -0.2) is 4.98 Å². The molecule has 0 atom stereocenters. The first-order valence-corrected chi connectivity index (χ1v) is 8.94. The van der Waals surface area contributed by atoms with Gasteiger partial charge in [0.25, 0.3) is 0 Å². The van der Waals surface area contributed by atoms with E-state index in [1.165, 1.54) is 0 Å². The number of β-amino-alcohol motifs (C(OH)–C–C–N with tert-alkyl or cyclic N) is 1. The average molecular weight is 399 g/mol. The van der Waals surface area contributed by atoms with Gasteiger partial charge in [0, 0.05) is 42.6 Å². The van der Waals surface area contributed by atoms with Gasteiger partial charge in [-0.3, -0.25) is 4.90 Å². The van der Waals surface area contributed by atoms with Crippen LogP contribution in [0.1, 0.15) is 13.8 Å². The number of hydrogen-bond donors (Lipinski definition) is 1. The second kappa shape index (κ2) is 6.55. The molecule has 0 unspecified atom stereocenters. The van der Waals surface area contributed by atoms with Crippen LogP contribution in [-0.4, -0.2) is 53.3 Å². The highest BCUT2D eigenvalue weighted by Gasteiger charge is 2.23. The summed E-state index contributed by atoms with van der Waals surface area (Å²) < 4.78 is 0.963. The molecule has 124 valence electrons. The molecule has 1 aliphatic heterocycles. The van der Waals surface area contributed by atoms with Crippen molar-refractivity contribution in [2.24, 2.45) is 0 Å². The van der Waals surface area contributed by atoms with Crippen LogP contribution in [0.5, 0.6) is 0 Å². The summed E-state index contributed by atoms with van der Waals surface area (Å²) in [5.74, 6) is 0.963. The Kier molecular flexibility index (Phi) is 4.83. The molecule has 1 saturated heterocycles. The Bertz CT molecular complexity index is 709. The fraction of sp³-hybridized carbons (Fsp3) is 0.471. The van der Waals surface area contributed by atoms with Crippen molar-refractivity contribution >= 4 is 44.3 Å². The lowest BCUT2D eigenvalue weighted by Crippen LogP contribution is -2.50. The normalized spacial score (nSPS) is 17.0. The van der Waals surface area contributed by atoms with E-state index < -0.39 is 5.60 Å². The van der Waals surface area contributed by atoms with Crippen molar-refractivity contribution in [3.8, 4) is 0 Å². The molecule has 1 aromatic heterocycles. The summed E-state index contributed by atoms with van der Waals surface area (Å²) in [5, 5.41) is 11.6. The van der Waals surface area contributed by atoms with Gasteiger partial charge in [-0.1, -0.05) is 27.5 Å². The van der Waals surface area contributed by atoms with Gasteiger partial charge in [-0.05, 0) is 38.1 Å². The van der Waals surface area contributed by atoms with E-state index in [2.05, 4.69) is 37.9 Å². The number of pyridine rings is 1. The number of fused-ring (bicyclic) bond motifs is 1. The molecule has 0 radical (unpaired) electrons. The molecule has 1 aliphatic rings. The smallest absolute Gasteiger partial charge is 0.129 e. The lowest BCUT2D eigenvalue weighted by atomic mass is 10.1. The fourth-order valence-corrected chi connectivity index (χ4v) is 3.88. The molecule has 0 spiro atoms. The van der Waals surface area contributed by atoms with Gasteiger partial charge < -0.3 is 10.0 Å². The second-order valence-electron chi connectivity index (χ2n) is 6.70.